The van der Waals surface area contributed by atoms with Crippen LogP contribution in [0.2, 0.25) is 0 Å². The molecule has 0 aliphatic carbocycles. The molecule has 1 atom stereocenters. The maximum absolute atomic E-state index is 12.8. The molecule has 1 heterocycles. The van der Waals surface area contributed by atoms with Crippen molar-refractivity contribution in [1.82, 2.24) is 14.1 Å². The Morgan fingerprint density at radius 3 is 2.35 bits per heavy atom. The molecule has 1 N–H and O–H groups in total. The Balaban J connectivity index is 2.49. The van der Waals surface area contributed by atoms with Gasteiger partial charge in [-0.2, -0.15) is 9.40 Å². The van der Waals surface area contributed by atoms with Crippen LogP contribution >= 0.6 is 0 Å². The highest BCUT2D eigenvalue weighted by Gasteiger charge is 2.36. The minimum absolute atomic E-state index is 0.0304. The van der Waals surface area contributed by atoms with Gasteiger partial charge in [0.1, 0.15) is 6.04 Å². The monoisotopic (exact) mass is 337 g/mol. The number of aromatic nitrogens is 2. The van der Waals surface area contributed by atoms with Crippen molar-refractivity contribution in [2.45, 2.75) is 31.0 Å². The van der Waals surface area contributed by atoms with Crippen LogP contribution in [0.4, 0.5) is 0 Å². The van der Waals surface area contributed by atoms with Crippen molar-refractivity contribution >= 4 is 16.0 Å². The number of carbonyl (C=O) groups is 1. The predicted octanol–water partition coefficient (Wildman–Crippen LogP) is 1.91. The van der Waals surface area contributed by atoms with Gasteiger partial charge >= 0.3 is 5.97 Å². The maximum atomic E-state index is 12.8. The third-order valence-corrected chi connectivity index (χ3v) is 5.30. The molecule has 0 bridgehead atoms. The molecule has 2 rings (SSSR count). The number of benzene rings is 1. The van der Waals surface area contributed by atoms with Crippen LogP contribution in [0.1, 0.15) is 31.5 Å². The zero-order chi connectivity index (χ0) is 17.2. The smallest absolute Gasteiger partial charge is 0.326 e. The first-order valence-electron chi connectivity index (χ1n) is 7.06. The number of carboxylic acids is 1. The molecule has 7 nitrogen and oxygen atoms in total. The van der Waals surface area contributed by atoms with Crippen molar-refractivity contribution in [3.8, 4) is 0 Å². The summed E-state index contributed by atoms with van der Waals surface area (Å²) >= 11 is 0. The number of nitrogens with zero attached hydrogens (tertiary/aromatic N) is 3. The molecule has 1 aromatic heterocycles. The van der Waals surface area contributed by atoms with Crippen LogP contribution in [-0.4, -0.2) is 40.6 Å². The topological polar surface area (TPSA) is 92.5 Å². The molecule has 0 fully saturated rings. The highest BCUT2D eigenvalue weighted by molar-refractivity contribution is 7.89. The van der Waals surface area contributed by atoms with E-state index in [-0.39, 0.29) is 11.1 Å². The van der Waals surface area contributed by atoms with E-state index in [1.54, 1.807) is 44.2 Å². The van der Waals surface area contributed by atoms with E-state index in [2.05, 4.69) is 5.10 Å². The third kappa shape index (κ3) is 3.27. The molecule has 1 aromatic carbocycles. The van der Waals surface area contributed by atoms with Gasteiger partial charge < -0.3 is 5.11 Å². The van der Waals surface area contributed by atoms with Gasteiger partial charge in [-0.25, -0.2) is 8.42 Å². The van der Waals surface area contributed by atoms with E-state index in [9.17, 15) is 18.3 Å². The largest absolute Gasteiger partial charge is 0.480 e. The first-order chi connectivity index (χ1) is 10.8. The standard InChI is InChI=1S/C15H19N3O4S/c1-11(2)18-13(9-10-16-18)23(21,22)17(3)14(15(19)20)12-7-5-4-6-8-12/h4-11,14H,1-3H3,(H,19,20). The molecule has 0 radical (unpaired) electrons. The molecule has 23 heavy (non-hydrogen) atoms. The number of rotatable bonds is 6. The number of carboxylic acid groups (broad SMARTS) is 1. The summed E-state index contributed by atoms with van der Waals surface area (Å²) in [6.07, 6.45) is 1.39. The zero-order valence-corrected chi connectivity index (χ0v) is 13.9. The van der Waals surface area contributed by atoms with Gasteiger partial charge in [0.05, 0.1) is 6.20 Å². The summed E-state index contributed by atoms with van der Waals surface area (Å²) in [5.41, 5.74) is 0.390. The Labute approximate surface area is 135 Å². The minimum Gasteiger partial charge on any atom is -0.480 e. The lowest BCUT2D eigenvalue weighted by molar-refractivity contribution is -0.141. The van der Waals surface area contributed by atoms with E-state index >= 15 is 0 Å². The van der Waals surface area contributed by atoms with Crippen molar-refractivity contribution in [1.29, 1.82) is 0 Å². The van der Waals surface area contributed by atoms with Crippen LogP contribution in [0.25, 0.3) is 0 Å². The summed E-state index contributed by atoms with van der Waals surface area (Å²) in [5, 5.41) is 13.5. The molecule has 0 saturated heterocycles. The van der Waals surface area contributed by atoms with Crippen LogP contribution in [0.3, 0.4) is 0 Å². The SMILES string of the molecule is CC(C)n1nccc1S(=O)(=O)N(C)C(C(=O)O)c1ccccc1. The molecule has 0 amide bonds. The van der Waals surface area contributed by atoms with Gasteiger partial charge in [-0.05, 0) is 25.5 Å². The van der Waals surface area contributed by atoms with E-state index in [0.29, 0.717) is 5.56 Å². The zero-order valence-electron chi connectivity index (χ0n) is 13.1. The van der Waals surface area contributed by atoms with Crippen molar-refractivity contribution in [2.24, 2.45) is 0 Å². The number of aliphatic carboxylic acids is 1. The van der Waals surface area contributed by atoms with Crippen LogP contribution in [0.15, 0.2) is 47.6 Å². The summed E-state index contributed by atoms with van der Waals surface area (Å²) in [4.78, 5) is 11.6. The fraction of sp³-hybridized carbons (Fsp3) is 0.333. The van der Waals surface area contributed by atoms with Gasteiger partial charge in [-0.15, -0.1) is 0 Å². The summed E-state index contributed by atoms with van der Waals surface area (Å²) in [5.74, 6) is -1.24. The third-order valence-electron chi connectivity index (χ3n) is 3.48. The van der Waals surface area contributed by atoms with E-state index in [0.717, 1.165) is 4.31 Å². The molecular weight excluding hydrogens is 318 g/mol. The van der Waals surface area contributed by atoms with Gasteiger partial charge in [0.25, 0.3) is 10.0 Å². The average molecular weight is 337 g/mol. The van der Waals surface area contributed by atoms with Crippen molar-refractivity contribution in [3.05, 3.63) is 48.2 Å². The molecule has 0 aliphatic heterocycles. The lowest BCUT2D eigenvalue weighted by atomic mass is 10.1. The van der Waals surface area contributed by atoms with E-state index < -0.39 is 22.0 Å². The van der Waals surface area contributed by atoms with Crippen molar-refractivity contribution in [2.75, 3.05) is 7.05 Å². The lowest BCUT2D eigenvalue weighted by Gasteiger charge is -2.25. The first-order valence-corrected chi connectivity index (χ1v) is 8.50. The highest BCUT2D eigenvalue weighted by Crippen LogP contribution is 2.27. The van der Waals surface area contributed by atoms with Crippen LogP contribution < -0.4 is 0 Å². The number of likely N-dealkylation sites (N-methyl/N-ethyl adjacent to an activating group) is 1. The molecule has 124 valence electrons. The van der Waals surface area contributed by atoms with Gasteiger partial charge in [-0.3, -0.25) is 9.48 Å². The molecule has 0 aliphatic rings. The van der Waals surface area contributed by atoms with E-state index in [1.807, 2.05) is 0 Å². The predicted molar refractivity (Wildman–Crippen MR) is 84.4 cm³/mol. The fourth-order valence-corrected chi connectivity index (χ4v) is 3.84. The lowest BCUT2D eigenvalue weighted by Crippen LogP contribution is -2.37. The number of hydrogen-bond donors (Lipinski definition) is 1. The van der Waals surface area contributed by atoms with E-state index in [4.69, 9.17) is 0 Å². The maximum Gasteiger partial charge on any atom is 0.326 e. The Morgan fingerprint density at radius 2 is 1.83 bits per heavy atom. The Hall–Kier alpha value is -2.19. The van der Waals surface area contributed by atoms with Crippen molar-refractivity contribution < 1.29 is 18.3 Å². The van der Waals surface area contributed by atoms with E-state index in [1.165, 1.54) is 24.0 Å². The van der Waals surface area contributed by atoms with Gasteiger partial charge in [0, 0.05) is 13.1 Å². The minimum atomic E-state index is -4.01. The summed E-state index contributed by atoms with van der Waals surface area (Å²) in [6, 6.07) is 8.16. The van der Waals surface area contributed by atoms with Crippen molar-refractivity contribution in [3.63, 3.8) is 0 Å². The second-order valence-corrected chi connectivity index (χ2v) is 7.32. The second kappa shape index (κ2) is 6.51. The average Bonchev–Trinajstić information content (AvgIpc) is 2.98. The fourth-order valence-electron chi connectivity index (χ4n) is 2.32. The van der Waals surface area contributed by atoms with Crippen LogP contribution in [-0.2, 0) is 14.8 Å². The highest BCUT2D eigenvalue weighted by atomic mass is 32.2. The molecule has 1 unspecified atom stereocenters. The number of hydrogen-bond acceptors (Lipinski definition) is 4. The quantitative estimate of drug-likeness (QED) is 0.869. The van der Waals surface area contributed by atoms with Gasteiger partial charge in [-0.1, -0.05) is 30.3 Å². The summed E-state index contributed by atoms with van der Waals surface area (Å²) in [7, 11) is -2.75. The number of sulfonamides is 1. The normalized spacial score (nSPS) is 13.4. The molecule has 0 saturated carbocycles. The summed E-state index contributed by atoms with van der Waals surface area (Å²) in [6.45, 7) is 3.61. The Morgan fingerprint density at radius 1 is 1.22 bits per heavy atom. The van der Waals surface area contributed by atoms with Crippen LogP contribution in [0, 0.1) is 0 Å². The first kappa shape index (κ1) is 17.2. The van der Waals surface area contributed by atoms with Crippen LogP contribution in [0.5, 0.6) is 0 Å². The molecule has 0 spiro atoms. The Kier molecular flexibility index (Phi) is 4.86. The second-order valence-electron chi connectivity index (χ2n) is 5.38. The Bertz CT molecular complexity index is 784. The van der Waals surface area contributed by atoms with Gasteiger partial charge in [0.15, 0.2) is 5.03 Å². The molecule has 2 aromatic rings. The molecule has 8 heteroatoms. The summed E-state index contributed by atoms with van der Waals surface area (Å²) < 4.78 is 27.9. The van der Waals surface area contributed by atoms with Gasteiger partial charge in [0.2, 0.25) is 0 Å². The molecular formula is C15H19N3O4S.